The highest BCUT2D eigenvalue weighted by Gasteiger charge is 2.24. The highest BCUT2D eigenvalue weighted by Crippen LogP contribution is 2.06. The molecule has 0 aromatic rings. The van der Waals surface area contributed by atoms with Gasteiger partial charge >= 0.3 is 0 Å². The number of hydrogen-bond donors (Lipinski definition) is 2. The molecule has 0 saturated carbocycles. The Morgan fingerprint density at radius 2 is 2.47 bits per heavy atom. The molecule has 2 aliphatic rings. The first kappa shape index (κ1) is 12.8. The summed E-state index contributed by atoms with van der Waals surface area (Å²) in [4.78, 5) is 13.9. The molecular weight excluding hydrogens is 218 g/mol. The largest absolute Gasteiger partial charge is 0.374 e. The summed E-state index contributed by atoms with van der Waals surface area (Å²) in [5.74, 6) is 0.138. The monoisotopic (exact) mass is 241 g/mol. The van der Waals surface area contributed by atoms with Gasteiger partial charge in [0.25, 0.3) is 0 Å². The van der Waals surface area contributed by atoms with Crippen molar-refractivity contribution in [3.8, 4) is 0 Å². The smallest absolute Gasteiger partial charge is 0.237 e. The maximum absolute atomic E-state index is 11.6. The summed E-state index contributed by atoms with van der Waals surface area (Å²) in [5.41, 5.74) is 0. The highest BCUT2D eigenvalue weighted by molar-refractivity contribution is 5.82. The summed E-state index contributed by atoms with van der Waals surface area (Å²) < 4.78 is 5.70. The van der Waals surface area contributed by atoms with Crippen molar-refractivity contribution in [3.05, 3.63) is 0 Å². The average molecular weight is 241 g/mol. The van der Waals surface area contributed by atoms with Gasteiger partial charge in [0.1, 0.15) is 0 Å². The third kappa shape index (κ3) is 3.66. The molecule has 2 N–H and O–H groups in total. The predicted molar refractivity (Wildman–Crippen MR) is 65.9 cm³/mol. The molecule has 0 aliphatic carbocycles. The SMILES string of the molecule is CCN1CCOC(CNC2CCCNC2=O)C1. The summed E-state index contributed by atoms with van der Waals surface area (Å²) in [7, 11) is 0. The Kier molecular flexibility index (Phi) is 4.76. The molecule has 17 heavy (non-hydrogen) atoms. The van der Waals surface area contributed by atoms with Crippen LogP contribution in [0.4, 0.5) is 0 Å². The van der Waals surface area contributed by atoms with Crippen LogP contribution in [0.25, 0.3) is 0 Å². The Labute approximate surface area is 103 Å². The number of morpholine rings is 1. The van der Waals surface area contributed by atoms with Gasteiger partial charge in [0, 0.05) is 26.2 Å². The van der Waals surface area contributed by atoms with Crippen LogP contribution in [-0.2, 0) is 9.53 Å². The van der Waals surface area contributed by atoms with Crippen molar-refractivity contribution in [1.82, 2.24) is 15.5 Å². The van der Waals surface area contributed by atoms with E-state index in [1.807, 2.05) is 0 Å². The predicted octanol–water partition coefficient (Wildman–Crippen LogP) is -0.425. The van der Waals surface area contributed by atoms with Crippen molar-refractivity contribution in [3.63, 3.8) is 0 Å². The van der Waals surface area contributed by atoms with Crippen LogP contribution >= 0.6 is 0 Å². The van der Waals surface area contributed by atoms with Crippen molar-refractivity contribution < 1.29 is 9.53 Å². The Morgan fingerprint density at radius 3 is 3.24 bits per heavy atom. The van der Waals surface area contributed by atoms with Crippen LogP contribution in [0.1, 0.15) is 19.8 Å². The summed E-state index contributed by atoms with van der Waals surface area (Å²) in [5, 5.41) is 6.21. The van der Waals surface area contributed by atoms with E-state index in [1.54, 1.807) is 0 Å². The summed E-state index contributed by atoms with van der Waals surface area (Å²) >= 11 is 0. The molecule has 2 saturated heterocycles. The minimum atomic E-state index is -0.0237. The first-order valence-electron chi connectivity index (χ1n) is 6.64. The molecule has 2 rings (SSSR count). The molecule has 0 aromatic heterocycles. The number of ether oxygens (including phenoxy) is 1. The zero-order valence-electron chi connectivity index (χ0n) is 10.6. The van der Waals surface area contributed by atoms with E-state index in [-0.39, 0.29) is 18.1 Å². The number of rotatable bonds is 4. The van der Waals surface area contributed by atoms with Crippen molar-refractivity contribution in [2.24, 2.45) is 0 Å². The van der Waals surface area contributed by atoms with Crippen molar-refractivity contribution >= 4 is 5.91 Å². The van der Waals surface area contributed by atoms with E-state index < -0.39 is 0 Å². The lowest BCUT2D eigenvalue weighted by Crippen LogP contribution is -2.53. The zero-order valence-corrected chi connectivity index (χ0v) is 10.6. The van der Waals surface area contributed by atoms with E-state index in [2.05, 4.69) is 22.5 Å². The molecule has 2 atom stereocenters. The number of carbonyl (C=O) groups is 1. The standard InChI is InChI=1S/C12H23N3O2/c1-2-15-6-7-17-10(9-15)8-14-11-4-3-5-13-12(11)16/h10-11,14H,2-9H2,1H3,(H,13,16). The summed E-state index contributed by atoms with van der Waals surface area (Å²) in [6.07, 6.45) is 2.23. The van der Waals surface area contributed by atoms with Gasteiger partial charge in [0.05, 0.1) is 18.8 Å². The Bertz CT molecular complexity index is 260. The maximum atomic E-state index is 11.6. The fourth-order valence-electron chi connectivity index (χ4n) is 2.43. The fourth-order valence-corrected chi connectivity index (χ4v) is 2.43. The van der Waals surface area contributed by atoms with Crippen LogP contribution in [0, 0.1) is 0 Å². The van der Waals surface area contributed by atoms with Gasteiger partial charge in [-0.25, -0.2) is 0 Å². The molecule has 98 valence electrons. The Morgan fingerprint density at radius 1 is 1.59 bits per heavy atom. The number of carbonyl (C=O) groups excluding carboxylic acids is 1. The van der Waals surface area contributed by atoms with E-state index in [9.17, 15) is 4.79 Å². The van der Waals surface area contributed by atoms with Crippen molar-refractivity contribution in [2.75, 3.05) is 39.3 Å². The van der Waals surface area contributed by atoms with Crippen LogP contribution in [0.5, 0.6) is 0 Å². The minimum absolute atomic E-state index is 0.0237. The fraction of sp³-hybridized carbons (Fsp3) is 0.917. The lowest BCUT2D eigenvalue weighted by atomic mass is 10.1. The highest BCUT2D eigenvalue weighted by atomic mass is 16.5. The van der Waals surface area contributed by atoms with E-state index >= 15 is 0 Å². The minimum Gasteiger partial charge on any atom is -0.374 e. The van der Waals surface area contributed by atoms with Gasteiger partial charge in [-0.1, -0.05) is 6.92 Å². The van der Waals surface area contributed by atoms with Crippen LogP contribution in [0.15, 0.2) is 0 Å². The third-order valence-electron chi connectivity index (χ3n) is 3.55. The molecule has 2 heterocycles. The number of piperidine rings is 1. The third-order valence-corrected chi connectivity index (χ3v) is 3.55. The maximum Gasteiger partial charge on any atom is 0.237 e. The molecule has 5 nitrogen and oxygen atoms in total. The second-order valence-corrected chi connectivity index (χ2v) is 4.78. The van der Waals surface area contributed by atoms with Crippen molar-refractivity contribution in [1.29, 1.82) is 0 Å². The van der Waals surface area contributed by atoms with Crippen LogP contribution in [0.3, 0.4) is 0 Å². The first-order chi connectivity index (χ1) is 8.29. The van der Waals surface area contributed by atoms with E-state index in [4.69, 9.17) is 4.74 Å². The van der Waals surface area contributed by atoms with Crippen LogP contribution in [0.2, 0.25) is 0 Å². The molecular formula is C12H23N3O2. The average Bonchev–Trinajstić information content (AvgIpc) is 2.38. The number of amides is 1. The van der Waals surface area contributed by atoms with E-state index in [1.165, 1.54) is 0 Å². The van der Waals surface area contributed by atoms with Gasteiger partial charge in [-0.3, -0.25) is 9.69 Å². The van der Waals surface area contributed by atoms with Crippen LogP contribution in [-0.4, -0.2) is 62.3 Å². The zero-order chi connectivity index (χ0) is 12.1. The van der Waals surface area contributed by atoms with E-state index in [0.29, 0.717) is 0 Å². The molecule has 0 aromatic carbocycles. The van der Waals surface area contributed by atoms with Gasteiger partial charge in [0.2, 0.25) is 5.91 Å². The molecule has 5 heteroatoms. The van der Waals surface area contributed by atoms with Gasteiger partial charge in [0.15, 0.2) is 0 Å². The molecule has 2 unspecified atom stereocenters. The number of likely N-dealkylation sites (N-methyl/N-ethyl adjacent to an activating group) is 1. The summed E-state index contributed by atoms with van der Waals surface area (Å²) in [6, 6.07) is -0.0237. The molecule has 1 amide bonds. The molecule has 0 radical (unpaired) electrons. The Hall–Kier alpha value is -0.650. The van der Waals surface area contributed by atoms with E-state index in [0.717, 1.165) is 52.2 Å². The van der Waals surface area contributed by atoms with Gasteiger partial charge < -0.3 is 15.4 Å². The molecule has 0 spiro atoms. The lowest BCUT2D eigenvalue weighted by Gasteiger charge is -2.33. The second kappa shape index (κ2) is 6.33. The topological polar surface area (TPSA) is 53.6 Å². The van der Waals surface area contributed by atoms with Crippen molar-refractivity contribution in [2.45, 2.75) is 31.9 Å². The number of nitrogens with one attached hydrogen (secondary N) is 2. The van der Waals surface area contributed by atoms with Gasteiger partial charge in [-0.2, -0.15) is 0 Å². The molecule has 2 fully saturated rings. The lowest BCUT2D eigenvalue weighted by molar-refractivity contribution is -0.124. The quantitative estimate of drug-likeness (QED) is 0.701. The number of hydrogen-bond acceptors (Lipinski definition) is 4. The first-order valence-corrected chi connectivity index (χ1v) is 6.64. The second-order valence-electron chi connectivity index (χ2n) is 4.78. The summed E-state index contributed by atoms with van der Waals surface area (Å²) in [6.45, 7) is 7.63. The molecule has 2 aliphatic heterocycles. The van der Waals surface area contributed by atoms with Gasteiger partial charge in [-0.15, -0.1) is 0 Å². The van der Waals surface area contributed by atoms with Gasteiger partial charge in [-0.05, 0) is 19.4 Å². The normalized spacial score (nSPS) is 31.2. The van der Waals surface area contributed by atoms with Crippen LogP contribution < -0.4 is 10.6 Å². The Balaban J connectivity index is 1.71. The number of nitrogens with zero attached hydrogens (tertiary/aromatic N) is 1. The molecule has 0 bridgehead atoms.